The van der Waals surface area contributed by atoms with Crippen LogP contribution in [0.3, 0.4) is 0 Å². The molecule has 9 nitrogen and oxygen atoms in total. The van der Waals surface area contributed by atoms with Crippen molar-refractivity contribution < 1.29 is 42.1 Å². The Morgan fingerprint density at radius 3 is 1.42 bits per heavy atom. The van der Waals surface area contributed by atoms with Gasteiger partial charge in [-0.1, -0.05) is 191 Å². The summed E-state index contributed by atoms with van der Waals surface area (Å²) in [6.45, 7) is 4.30. The number of carbonyl (C=O) groups is 2. The molecule has 0 heterocycles. The Morgan fingerprint density at radius 1 is 0.533 bits per heavy atom. The van der Waals surface area contributed by atoms with Gasteiger partial charge in [0.2, 0.25) is 0 Å². The fourth-order valence-electron chi connectivity index (χ4n) is 6.59. The van der Waals surface area contributed by atoms with E-state index in [0.29, 0.717) is 23.9 Å². The van der Waals surface area contributed by atoms with Gasteiger partial charge in [0.05, 0.1) is 27.7 Å². The highest BCUT2D eigenvalue weighted by atomic mass is 31.2. The molecule has 0 bridgehead atoms. The summed E-state index contributed by atoms with van der Waals surface area (Å²) < 4.78 is 34.4. The highest BCUT2D eigenvalue weighted by Gasteiger charge is 2.27. The van der Waals surface area contributed by atoms with E-state index in [1.807, 2.05) is 21.1 Å². The van der Waals surface area contributed by atoms with E-state index < -0.39 is 26.5 Å². The van der Waals surface area contributed by atoms with Gasteiger partial charge >= 0.3 is 19.8 Å². The molecule has 350 valence electrons. The van der Waals surface area contributed by atoms with Gasteiger partial charge in [-0.05, 0) is 51.4 Å². The minimum Gasteiger partial charge on any atom is -0.462 e. The van der Waals surface area contributed by atoms with Crippen molar-refractivity contribution in [2.24, 2.45) is 0 Å². The van der Waals surface area contributed by atoms with E-state index >= 15 is 0 Å². The number of esters is 2. The zero-order chi connectivity index (χ0) is 44.3. The summed E-state index contributed by atoms with van der Waals surface area (Å²) in [7, 11) is 1.46. The molecule has 0 saturated carbocycles. The molecule has 0 fully saturated rings. The van der Waals surface area contributed by atoms with Gasteiger partial charge in [0.25, 0.3) is 0 Å². The molecule has 2 atom stereocenters. The Bertz CT molecular complexity index is 1160. The molecule has 10 heteroatoms. The fourth-order valence-corrected chi connectivity index (χ4v) is 7.34. The van der Waals surface area contributed by atoms with Crippen molar-refractivity contribution in [2.75, 3.05) is 47.5 Å². The van der Waals surface area contributed by atoms with E-state index in [2.05, 4.69) is 62.5 Å². The van der Waals surface area contributed by atoms with Crippen molar-refractivity contribution in [1.82, 2.24) is 0 Å². The Hall–Kier alpha value is -2.03. The molecule has 0 spiro atoms. The average molecular weight is 867 g/mol. The predicted octanol–water partition coefficient (Wildman–Crippen LogP) is 14.2. The van der Waals surface area contributed by atoms with Crippen LogP contribution in [-0.2, 0) is 32.7 Å². The van der Waals surface area contributed by atoms with Gasteiger partial charge in [-0.25, -0.2) is 4.57 Å². The monoisotopic (exact) mass is 867 g/mol. The van der Waals surface area contributed by atoms with Crippen LogP contribution >= 0.6 is 7.82 Å². The third kappa shape index (κ3) is 45.5. The topological polar surface area (TPSA) is 108 Å². The van der Waals surface area contributed by atoms with Crippen molar-refractivity contribution in [2.45, 2.75) is 213 Å². The summed E-state index contributed by atoms with van der Waals surface area (Å²) in [6, 6.07) is 0. The zero-order valence-electron chi connectivity index (χ0n) is 39.4. The number of ether oxygens (including phenoxy) is 2. The van der Waals surface area contributed by atoms with Crippen molar-refractivity contribution in [3.8, 4) is 0 Å². The van der Waals surface area contributed by atoms with E-state index in [-0.39, 0.29) is 32.0 Å². The smallest absolute Gasteiger partial charge is 0.462 e. The largest absolute Gasteiger partial charge is 0.472 e. The summed E-state index contributed by atoms with van der Waals surface area (Å²) in [4.78, 5) is 35.5. The van der Waals surface area contributed by atoms with Crippen LogP contribution in [0.2, 0.25) is 0 Å². The lowest BCUT2D eigenvalue weighted by molar-refractivity contribution is -0.870. The number of quaternary nitrogens is 1. The molecule has 0 aromatic rings. The number of hydrogen-bond acceptors (Lipinski definition) is 7. The van der Waals surface area contributed by atoms with Crippen LogP contribution in [0.25, 0.3) is 0 Å². The quantitative estimate of drug-likeness (QED) is 0.0212. The highest BCUT2D eigenvalue weighted by molar-refractivity contribution is 7.47. The fraction of sp³-hybridized carbons (Fsp3) is 0.800. The van der Waals surface area contributed by atoms with Gasteiger partial charge in [0.1, 0.15) is 19.8 Å². The van der Waals surface area contributed by atoms with Gasteiger partial charge in [0, 0.05) is 12.8 Å². The Balaban J connectivity index is 4.31. The molecule has 0 aromatic carbocycles. The van der Waals surface area contributed by atoms with Crippen molar-refractivity contribution in [3.63, 3.8) is 0 Å². The minimum atomic E-state index is -4.38. The van der Waals surface area contributed by atoms with Crippen LogP contribution in [0.5, 0.6) is 0 Å². The maximum absolute atomic E-state index is 12.7. The first-order valence-electron chi connectivity index (χ1n) is 24.4. The summed E-state index contributed by atoms with van der Waals surface area (Å²) in [5.41, 5.74) is 0. The van der Waals surface area contributed by atoms with Crippen molar-refractivity contribution >= 4 is 19.8 Å². The van der Waals surface area contributed by atoms with E-state index in [0.717, 1.165) is 64.2 Å². The first-order chi connectivity index (χ1) is 29.0. The van der Waals surface area contributed by atoms with E-state index in [1.54, 1.807) is 0 Å². The number of phosphoric ester groups is 1. The molecule has 0 saturated heterocycles. The van der Waals surface area contributed by atoms with Gasteiger partial charge in [-0.15, -0.1) is 0 Å². The predicted molar refractivity (Wildman–Crippen MR) is 252 cm³/mol. The second-order valence-electron chi connectivity index (χ2n) is 17.5. The maximum atomic E-state index is 12.7. The first-order valence-corrected chi connectivity index (χ1v) is 25.9. The summed E-state index contributed by atoms with van der Waals surface area (Å²) in [6.07, 6.45) is 50.2. The number of likely N-dealkylation sites (N-methyl/N-ethyl adjacent to an activating group) is 1. The van der Waals surface area contributed by atoms with Gasteiger partial charge in [-0.2, -0.15) is 0 Å². The molecule has 0 aliphatic heterocycles. The summed E-state index contributed by atoms with van der Waals surface area (Å²) >= 11 is 0. The Kier molecular flexibility index (Phi) is 40.8. The normalized spacial score (nSPS) is 13.9. The molecular weight excluding hydrogens is 774 g/mol. The van der Waals surface area contributed by atoms with Gasteiger partial charge < -0.3 is 18.9 Å². The number of rotatable bonds is 44. The molecule has 1 N–H and O–H groups in total. The van der Waals surface area contributed by atoms with Crippen LogP contribution in [0.15, 0.2) is 48.6 Å². The lowest BCUT2D eigenvalue weighted by atomic mass is 10.0. The average Bonchev–Trinajstić information content (AvgIpc) is 3.20. The van der Waals surface area contributed by atoms with Crippen LogP contribution in [-0.4, -0.2) is 74.9 Å². The highest BCUT2D eigenvalue weighted by Crippen LogP contribution is 2.43. The number of allylic oxidation sites excluding steroid dienone is 8. The van der Waals surface area contributed by atoms with E-state index in [1.165, 1.54) is 103 Å². The first kappa shape index (κ1) is 58.0. The number of phosphoric acid groups is 1. The second-order valence-corrected chi connectivity index (χ2v) is 18.9. The molecule has 0 aliphatic rings. The maximum Gasteiger partial charge on any atom is 0.472 e. The third-order valence-electron chi connectivity index (χ3n) is 10.4. The van der Waals surface area contributed by atoms with Crippen molar-refractivity contribution in [1.29, 1.82) is 0 Å². The molecule has 0 rings (SSSR count). The standard InChI is InChI=1S/C50H92NO8P/c1-6-8-10-12-14-16-18-20-22-24-25-27-29-31-33-35-37-39-41-43-50(53)59-48(47-58-60(54,55)57-45-44-51(3,4)5)46-56-49(52)42-40-38-36-34-32-30-28-26-23-21-19-17-15-13-11-9-7-2/h9,11,15,17,21,23,28,30,48H,6-8,10,12-14,16,18-20,22,24-27,29,31-47H2,1-5H3/p+1/b11-9-,17-15-,23-21-,30-28-/t48-/m1/s1. The molecular formula is C50H93NO8P+. The molecule has 0 radical (unpaired) electrons. The van der Waals surface area contributed by atoms with Crippen molar-refractivity contribution in [3.05, 3.63) is 48.6 Å². The van der Waals surface area contributed by atoms with E-state index in [4.69, 9.17) is 18.5 Å². The summed E-state index contributed by atoms with van der Waals surface area (Å²) in [5.74, 6) is -0.821. The molecule has 0 amide bonds. The van der Waals surface area contributed by atoms with Crippen LogP contribution in [0, 0.1) is 0 Å². The lowest BCUT2D eigenvalue weighted by Crippen LogP contribution is -2.37. The molecule has 1 unspecified atom stereocenters. The zero-order valence-corrected chi connectivity index (χ0v) is 40.3. The minimum absolute atomic E-state index is 0.0273. The van der Waals surface area contributed by atoms with Crippen LogP contribution in [0.1, 0.15) is 206 Å². The van der Waals surface area contributed by atoms with Crippen LogP contribution < -0.4 is 0 Å². The molecule has 0 aliphatic carbocycles. The molecule has 0 aromatic heterocycles. The number of carbonyl (C=O) groups excluding carboxylic acids is 2. The van der Waals surface area contributed by atoms with Gasteiger partial charge in [0.15, 0.2) is 6.10 Å². The van der Waals surface area contributed by atoms with Gasteiger partial charge in [-0.3, -0.25) is 18.6 Å². The number of nitrogens with zero attached hydrogens (tertiary/aromatic N) is 1. The summed E-state index contributed by atoms with van der Waals surface area (Å²) in [5, 5.41) is 0. The van der Waals surface area contributed by atoms with Crippen LogP contribution in [0.4, 0.5) is 0 Å². The lowest BCUT2D eigenvalue weighted by Gasteiger charge is -2.24. The Morgan fingerprint density at radius 2 is 0.950 bits per heavy atom. The third-order valence-corrected chi connectivity index (χ3v) is 11.4. The number of unbranched alkanes of at least 4 members (excludes halogenated alkanes) is 22. The second kappa shape index (κ2) is 42.3. The SMILES string of the molecule is CC/C=C\C/C=C\C/C=C\C/C=C\CCCCCCC(=O)OC[C@H](COP(=O)(O)OCC[N+](C)(C)C)OC(=O)CCCCCCCCCCCCCCCCCCCCC. The number of hydrogen-bond donors (Lipinski definition) is 1. The van der Waals surface area contributed by atoms with E-state index in [9.17, 15) is 19.0 Å². The Labute approximate surface area is 369 Å². The molecule has 60 heavy (non-hydrogen) atoms.